The smallest absolute Gasteiger partial charge is 0.338 e. The molecule has 0 atom stereocenters. The van der Waals surface area contributed by atoms with Crippen molar-refractivity contribution in [1.29, 1.82) is 0 Å². The van der Waals surface area contributed by atoms with Crippen LogP contribution in [0.5, 0.6) is 0 Å². The van der Waals surface area contributed by atoms with Crippen LogP contribution in [-0.2, 0) is 4.74 Å². The molecule has 0 heterocycles. The summed E-state index contributed by atoms with van der Waals surface area (Å²) in [6, 6.07) is 25.9. The molecule has 1 aliphatic carbocycles. The van der Waals surface area contributed by atoms with Crippen LogP contribution >= 0.6 is 0 Å². The number of hydrogen-bond donors (Lipinski definition) is 0. The van der Waals surface area contributed by atoms with Gasteiger partial charge in [-0.1, -0.05) is 60.7 Å². The van der Waals surface area contributed by atoms with E-state index in [1.807, 2.05) is 42.5 Å². The van der Waals surface area contributed by atoms with Crippen molar-refractivity contribution in [3.63, 3.8) is 0 Å². The number of esters is 1. The lowest BCUT2D eigenvalue weighted by molar-refractivity contribution is 0.0211. The number of carbonyl (C=O) groups is 1. The average molecular weight is 380 g/mol. The molecule has 4 rings (SSSR count). The fraction of sp³-hybridized carbons (Fsp3) is 0.222. The van der Waals surface area contributed by atoms with E-state index in [2.05, 4.69) is 36.1 Å². The van der Waals surface area contributed by atoms with E-state index < -0.39 is 0 Å². The van der Waals surface area contributed by atoms with Crippen LogP contribution in [0.15, 0.2) is 78.9 Å². The van der Waals surface area contributed by atoms with E-state index >= 15 is 0 Å². The van der Waals surface area contributed by atoms with Gasteiger partial charge in [-0.25, -0.2) is 4.79 Å². The average Bonchev–Trinajstić information content (AvgIpc) is 2.80. The molecule has 0 saturated heterocycles. The third kappa shape index (κ3) is 5.15. The maximum Gasteiger partial charge on any atom is 0.338 e. The summed E-state index contributed by atoms with van der Waals surface area (Å²) in [5.74, 6) is 6.12. The highest BCUT2D eigenvalue weighted by molar-refractivity contribution is 5.89. The van der Waals surface area contributed by atoms with Crippen LogP contribution in [0.25, 0.3) is 11.1 Å². The first-order valence-corrected chi connectivity index (χ1v) is 10.3. The lowest BCUT2D eigenvalue weighted by atomic mass is 9.98. The van der Waals surface area contributed by atoms with Gasteiger partial charge >= 0.3 is 5.97 Å². The molecule has 0 unspecified atom stereocenters. The van der Waals surface area contributed by atoms with E-state index in [1.165, 1.54) is 17.5 Å². The van der Waals surface area contributed by atoms with Crippen LogP contribution in [-0.4, -0.2) is 12.1 Å². The zero-order chi connectivity index (χ0) is 19.9. The first kappa shape index (κ1) is 19.0. The van der Waals surface area contributed by atoms with E-state index in [0.717, 1.165) is 36.8 Å². The molecular formula is C27H24O2. The zero-order valence-electron chi connectivity index (χ0n) is 16.4. The summed E-state index contributed by atoms with van der Waals surface area (Å²) < 4.78 is 5.62. The largest absolute Gasteiger partial charge is 0.459 e. The molecule has 0 radical (unpaired) electrons. The Bertz CT molecular complexity index is 1000. The molecule has 29 heavy (non-hydrogen) atoms. The first-order chi connectivity index (χ1) is 14.3. The summed E-state index contributed by atoms with van der Waals surface area (Å²) >= 11 is 0. The van der Waals surface area contributed by atoms with Gasteiger partial charge in [0.05, 0.1) is 5.56 Å². The number of rotatable bonds is 3. The Hall–Kier alpha value is -3.31. The number of carbonyl (C=O) groups excluding carboxylic acids is 1. The summed E-state index contributed by atoms with van der Waals surface area (Å²) in [7, 11) is 0. The Morgan fingerprint density at radius 2 is 1.24 bits per heavy atom. The second kappa shape index (κ2) is 9.26. The van der Waals surface area contributed by atoms with Crippen molar-refractivity contribution in [2.75, 3.05) is 0 Å². The van der Waals surface area contributed by atoms with Gasteiger partial charge in [-0.15, -0.1) is 0 Å². The first-order valence-electron chi connectivity index (χ1n) is 10.3. The molecule has 1 saturated carbocycles. The molecule has 0 bridgehead atoms. The van der Waals surface area contributed by atoms with E-state index in [4.69, 9.17) is 4.74 Å². The molecule has 2 nitrogen and oxygen atoms in total. The molecule has 0 N–H and O–H groups in total. The molecule has 3 aromatic carbocycles. The molecular weight excluding hydrogens is 356 g/mol. The minimum Gasteiger partial charge on any atom is -0.459 e. The molecule has 0 aromatic heterocycles. The van der Waals surface area contributed by atoms with Crippen molar-refractivity contribution >= 4 is 5.97 Å². The minimum absolute atomic E-state index is 0.0783. The van der Waals surface area contributed by atoms with Crippen molar-refractivity contribution in [2.24, 2.45) is 0 Å². The predicted octanol–water partition coefficient (Wildman–Crippen LogP) is 6.24. The quantitative estimate of drug-likeness (QED) is 0.397. The molecule has 144 valence electrons. The topological polar surface area (TPSA) is 26.3 Å². The fourth-order valence-corrected chi connectivity index (χ4v) is 3.61. The third-order valence-electron chi connectivity index (χ3n) is 5.29. The van der Waals surface area contributed by atoms with Crippen molar-refractivity contribution < 1.29 is 9.53 Å². The summed E-state index contributed by atoms with van der Waals surface area (Å²) in [4.78, 5) is 12.3. The summed E-state index contributed by atoms with van der Waals surface area (Å²) in [5, 5.41) is 0. The molecule has 0 aliphatic heterocycles. The highest BCUT2D eigenvalue weighted by atomic mass is 16.5. The van der Waals surface area contributed by atoms with Gasteiger partial charge in [-0.2, -0.15) is 0 Å². The number of benzene rings is 3. The number of ether oxygens (including phenoxy) is 1. The van der Waals surface area contributed by atoms with E-state index in [0.29, 0.717) is 5.56 Å². The van der Waals surface area contributed by atoms with Crippen LogP contribution < -0.4 is 0 Å². The molecule has 1 fully saturated rings. The van der Waals surface area contributed by atoms with Gasteiger partial charge in [0.25, 0.3) is 0 Å². The molecule has 2 heteroatoms. The standard InChI is InChI=1S/C27H24O2/c28-27(29-26-9-5-2-6-10-26)25-19-15-22(16-20-25)12-11-21-13-17-24(18-14-21)23-7-3-1-4-8-23/h1,3-4,7-8,13-20,26H,2,5-6,9-10H2. The van der Waals surface area contributed by atoms with Gasteiger partial charge in [0.2, 0.25) is 0 Å². The highest BCUT2D eigenvalue weighted by Crippen LogP contribution is 2.22. The van der Waals surface area contributed by atoms with Gasteiger partial charge in [0.1, 0.15) is 6.10 Å². The summed E-state index contributed by atoms with van der Waals surface area (Å²) in [5.41, 5.74) is 4.81. The van der Waals surface area contributed by atoms with Crippen molar-refractivity contribution in [2.45, 2.75) is 38.2 Å². The third-order valence-corrected chi connectivity index (χ3v) is 5.29. The lowest BCUT2D eigenvalue weighted by Gasteiger charge is -2.21. The molecule has 1 aliphatic rings. The summed E-state index contributed by atoms with van der Waals surface area (Å²) in [6.45, 7) is 0. The van der Waals surface area contributed by atoms with Crippen LogP contribution in [0.2, 0.25) is 0 Å². The van der Waals surface area contributed by atoms with E-state index in [9.17, 15) is 4.79 Å². The van der Waals surface area contributed by atoms with Crippen molar-refractivity contribution in [3.05, 3.63) is 95.6 Å². The molecule has 0 amide bonds. The molecule has 3 aromatic rings. The van der Waals surface area contributed by atoms with Crippen LogP contribution in [0.1, 0.15) is 53.6 Å². The maximum atomic E-state index is 12.3. The Balaban J connectivity index is 1.39. The monoisotopic (exact) mass is 380 g/mol. The molecule has 0 spiro atoms. The maximum absolute atomic E-state index is 12.3. The van der Waals surface area contributed by atoms with Gasteiger partial charge in [0.15, 0.2) is 0 Å². The van der Waals surface area contributed by atoms with Crippen LogP contribution in [0, 0.1) is 11.8 Å². The lowest BCUT2D eigenvalue weighted by Crippen LogP contribution is -2.20. The Morgan fingerprint density at radius 3 is 1.86 bits per heavy atom. The number of hydrogen-bond acceptors (Lipinski definition) is 2. The normalized spacial score (nSPS) is 13.9. The van der Waals surface area contributed by atoms with Gasteiger partial charge in [-0.05, 0) is 73.2 Å². The van der Waals surface area contributed by atoms with E-state index in [-0.39, 0.29) is 12.1 Å². The van der Waals surface area contributed by atoms with E-state index in [1.54, 1.807) is 12.1 Å². The van der Waals surface area contributed by atoms with Crippen molar-refractivity contribution in [3.8, 4) is 23.0 Å². The second-order valence-corrected chi connectivity index (χ2v) is 7.44. The SMILES string of the molecule is O=C(OC1CCCCC1)c1ccc(C#Cc2ccc(-c3ccccc3)cc2)cc1. The van der Waals surface area contributed by atoms with Crippen molar-refractivity contribution in [1.82, 2.24) is 0 Å². The van der Waals surface area contributed by atoms with Gasteiger partial charge in [0, 0.05) is 11.1 Å². The van der Waals surface area contributed by atoms with Gasteiger partial charge in [-0.3, -0.25) is 0 Å². The van der Waals surface area contributed by atoms with Crippen LogP contribution in [0.4, 0.5) is 0 Å². The minimum atomic E-state index is -0.229. The van der Waals surface area contributed by atoms with Gasteiger partial charge < -0.3 is 4.74 Å². The fourth-order valence-electron chi connectivity index (χ4n) is 3.61. The highest BCUT2D eigenvalue weighted by Gasteiger charge is 2.18. The Morgan fingerprint density at radius 1 is 0.690 bits per heavy atom. The summed E-state index contributed by atoms with van der Waals surface area (Å²) in [6.07, 6.45) is 5.60. The predicted molar refractivity (Wildman–Crippen MR) is 117 cm³/mol. The second-order valence-electron chi connectivity index (χ2n) is 7.44. The van der Waals surface area contributed by atoms with Crippen LogP contribution in [0.3, 0.4) is 0 Å². The Labute approximate surface area is 172 Å². The Kier molecular flexibility index (Phi) is 6.07. The zero-order valence-corrected chi connectivity index (χ0v) is 16.4.